The van der Waals surface area contributed by atoms with Crippen molar-refractivity contribution in [2.75, 3.05) is 0 Å². The van der Waals surface area contributed by atoms with E-state index in [9.17, 15) is 8.42 Å². The number of rotatable bonds is 5. The first-order chi connectivity index (χ1) is 13.2. The number of hydrogen-bond donors (Lipinski definition) is 1. The van der Waals surface area contributed by atoms with Gasteiger partial charge in [0, 0.05) is 24.4 Å². The molecule has 3 unspecified atom stereocenters. The zero-order chi connectivity index (χ0) is 20.1. The van der Waals surface area contributed by atoms with Crippen LogP contribution in [-0.2, 0) is 14.3 Å². The minimum Gasteiger partial charge on any atom is -0.312 e. The van der Waals surface area contributed by atoms with Gasteiger partial charge < -0.3 is 4.57 Å². The predicted molar refractivity (Wildman–Crippen MR) is 105 cm³/mol. The van der Waals surface area contributed by atoms with E-state index < -0.39 is 15.8 Å². The molecule has 3 atom stereocenters. The Morgan fingerprint density at radius 2 is 1.93 bits per heavy atom. The second-order valence-electron chi connectivity index (χ2n) is 8.45. The molecule has 4 rings (SSSR count). The van der Waals surface area contributed by atoms with Crippen LogP contribution in [0.3, 0.4) is 0 Å². The highest BCUT2D eigenvalue weighted by Gasteiger charge is 2.50. The molecule has 0 aliphatic carbocycles. The van der Waals surface area contributed by atoms with Gasteiger partial charge in [0.1, 0.15) is 17.4 Å². The number of aromatic nitrogens is 3. The van der Waals surface area contributed by atoms with Gasteiger partial charge in [-0.05, 0) is 45.2 Å². The lowest BCUT2D eigenvalue weighted by Gasteiger charge is -2.39. The van der Waals surface area contributed by atoms with Crippen LogP contribution >= 0.6 is 0 Å². The molecule has 2 fully saturated rings. The number of nitrogens with zero attached hydrogens (tertiary/aromatic N) is 3. The van der Waals surface area contributed by atoms with Gasteiger partial charge in [0.05, 0.1) is 4.90 Å². The van der Waals surface area contributed by atoms with E-state index in [-0.39, 0.29) is 22.9 Å². The number of hydrogen-bond acceptors (Lipinski definition) is 6. The molecule has 152 valence electrons. The number of piperidine rings is 1. The largest absolute Gasteiger partial charge is 0.312 e. The molecule has 2 aliphatic rings. The first kappa shape index (κ1) is 19.5. The molecule has 1 aromatic heterocycles. The van der Waals surface area contributed by atoms with E-state index in [1.807, 2.05) is 13.8 Å². The summed E-state index contributed by atoms with van der Waals surface area (Å²) in [6.07, 6.45) is 3.08. The topological polar surface area (TPSA) is 86.1 Å². The van der Waals surface area contributed by atoms with Crippen LogP contribution in [0.15, 0.2) is 29.2 Å². The average Bonchev–Trinajstić information content (AvgIpc) is 3.14. The van der Waals surface area contributed by atoms with Gasteiger partial charge in [-0.1, -0.05) is 31.5 Å². The molecule has 0 saturated carbocycles. The Hall–Kier alpha value is -1.77. The molecular weight excluding hydrogens is 376 g/mol. The van der Waals surface area contributed by atoms with E-state index in [2.05, 4.69) is 33.9 Å². The van der Waals surface area contributed by atoms with Gasteiger partial charge in [0.25, 0.3) is 10.1 Å². The lowest BCUT2D eigenvalue weighted by atomic mass is 9.96. The normalized spacial score (nSPS) is 27.5. The number of nitrogens with one attached hydrogen (secondary N) is 1. The molecule has 2 aliphatic heterocycles. The number of benzene rings is 1. The maximum absolute atomic E-state index is 12.9. The summed E-state index contributed by atoms with van der Waals surface area (Å²) in [7, 11) is -3.85. The highest BCUT2D eigenvalue weighted by molar-refractivity contribution is 7.86. The van der Waals surface area contributed by atoms with Crippen molar-refractivity contribution < 1.29 is 12.6 Å². The number of fused-ring (bicyclic) bond motifs is 2. The van der Waals surface area contributed by atoms with Crippen LogP contribution in [0.1, 0.15) is 68.7 Å². The molecule has 8 heteroatoms. The first-order valence-electron chi connectivity index (χ1n) is 9.90. The maximum Gasteiger partial charge on any atom is 0.298 e. The Labute approximate surface area is 166 Å². The zero-order valence-electron chi connectivity index (χ0n) is 16.8. The van der Waals surface area contributed by atoms with Crippen molar-refractivity contribution in [1.29, 1.82) is 0 Å². The van der Waals surface area contributed by atoms with Crippen LogP contribution in [0.25, 0.3) is 0 Å². The van der Waals surface area contributed by atoms with Crippen LogP contribution in [0.2, 0.25) is 0 Å². The summed E-state index contributed by atoms with van der Waals surface area (Å²) < 4.78 is 33.9. The summed E-state index contributed by atoms with van der Waals surface area (Å²) in [4.78, 5) is 0.197. The van der Waals surface area contributed by atoms with Crippen LogP contribution < -0.4 is 5.32 Å². The Kier molecular flexibility index (Phi) is 4.84. The van der Waals surface area contributed by atoms with Gasteiger partial charge in [-0.25, -0.2) is 4.18 Å². The van der Waals surface area contributed by atoms with Gasteiger partial charge in [0.2, 0.25) is 0 Å². The van der Waals surface area contributed by atoms with Crippen molar-refractivity contribution in [3.63, 3.8) is 0 Å². The Morgan fingerprint density at radius 3 is 2.61 bits per heavy atom. The third-order valence-electron chi connectivity index (χ3n) is 5.84. The van der Waals surface area contributed by atoms with E-state index in [0.29, 0.717) is 12.8 Å². The minimum absolute atomic E-state index is 0.120. The highest BCUT2D eigenvalue weighted by Crippen LogP contribution is 2.44. The molecule has 0 amide bonds. The smallest absolute Gasteiger partial charge is 0.298 e. The number of aryl methyl sites for hydroxylation is 2. The molecular formula is C20H28N4O3S. The summed E-state index contributed by atoms with van der Waals surface area (Å²) in [6.45, 7) is 8.09. The quantitative estimate of drug-likeness (QED) is 0.770. The standard InChI is InChI=1S/C20H28N4O3S/c1-13(2)19-23-22-15(4)24(19)17-11-16-9-10-20(12-17,21-16)27-28(25,26)18-7-5-14(3)6-8-18/h5-8,13,16-17,21H,9-12H2,1-4H3. The van der Waals surface area contributed by atoms with Crippen molar-refractivity contribution in [3.05, 3.63) is 41.5 Å². The molecule has 2 saturated heterocycles. The Balaban J connectivity index is 1.63. The van der Waals surface area contributed by atoms with Crippen molar-refractivity contribution in [3.8, 4) is 0 Å². The van der Waals surface area contributed by atoms with Crippen LogP contribution in [0.4, 0.5) is 0 Å². The molecule has 1 N–H and O–H groups in total. The lowest BCUT2D eigenvalue weighted by molar-refractivity contribution is 0.0107. The van der Waals surface area contributed by atoms with Crippen LogP contribution in [0.5, 0.6) is 0 Å². The summed E-state index contributed by atoms with van der Waals surface area (Å²) in [5, 5.41) is 12.1. The van der Waals surface area contributed by atoms with E-state index >= 15 is 0 Å². The first-order valence-corrected chi connectivity index (χ1v) is 11.3. The van der Waals surface area contributed by atoms with Crippen molar-refractivity contribution in [1.82, 2.24) is 20.1 Å². The van der Waals surface area contributed by atoms with Gasteiger partial charge >= 0.3 is 0 Å². The predicted octanol–water partition coefficient (Wildman–Crippen LogP) is 3.21. The summed E-state index contributed by atoms with van der Waals surface area (Å²) in [5.74, 6) is 2.06. The summed E-state index contributed by atoms with van der Waals surface area (Å²) in [6, 6.07) is 7.14. The minimum atomic E-state index is -3.85. The van der Waals surface area contributed by atoms with Crippen LogP contribution in [-0.4, -0.2) is 34.9 Å². The van der Waals surface area contributed by atoms with Crippen molar-refractivity contribution >= 4 is 10.1 Å². The van der Waals surface area contributed by atoms with Crippen molar-refractivity contribution in [2.45, 2.75) is 82.0 Å². The fraction of sp³-hybridized carbons (Fsp3) is 0.600. The van der Waals surface area contributed by atoms with Crippen molar-refractivity contribution in [2.24, 2.45) is 0 Å². The van der Waals surface area contributed by atoms with Gasteiger partial charge in [-0.3, -0.25) is 5.32 Å². The molecule has 3 heterocycles. The molecule has 2 aromatic rings. The Morgan fingerprint density at radius 1 is 1.21 bits per heavy atom. The van der Waals surface area contributed by atoms with Gasteiger partial charge in [0.15, 0.2) is 0 Å². The highest BCUT2D eigenvalue weighted by atomic mass is 32.2. The van der Waals surface area contributed by atoms with E-state index in [1.165, 1.54) is 0 Å². The fourth-order valence-electron chi connectivity index (χ4n) is 4.54. The Bertz CT molecular complexity index is 968. The molecule has 0 radical (unpaired) electrons. The third kappa shape index (κ3) is 3.49. The monoisotopic (exact) mass is 404 g/mol. The molecule has 1 aromatic carbocycles. The third-order valence-corrected chi connectivity index (χ3v) is 7.23. The van der Waals surface area contributed by atoms with E-state index in [4.69, 9.17) is 4.18 Å². The SMILES string of the molecule is Cc1ccc(S(=O)(=O)OC23CCC(CC(n4c(C)nnc4C(C)C)C2)N3)cc1. The summed E-state index contributed by atoms with van der Waals surface area (Å²) in [5.41, 5.74) is 0.139. The van der Waals surface area contributed by atoms with Gasteiger partial charge in [-0.2, -0.15) is 8.42 Å². The fourth-order valence-corrected chi connectivity index (χ4v) is 5.73. The second-order valence-corrected chi connectivity index (χ2v) is 9.99. The van der Waals surface area contributed by atoms with Crippen LogP contribution in [0, 0.1) is 13.8 Å². The van der Waals surface area contributed by atoms with E-state index in [1.54, 1.807) is 24.3 Å². The lowest BCUT2D eigenvalue weighted by Crippen LogP contribution is -2.52. The second kappa shape index (κ2) is 6.93. The molecule has 7 nitrogen and oxygen atoms in total. The molecule has 2 bridgehead atoms. The maximum atomic E-state index is 12.9. The van der Waals surface area contributed by atoms with E-state index in [0.717, 1.165) is 30.1 Å². The average molecular weight is 405 g/mol. The van der Waals surface area contributed by atoms with Gasteiger partial charge in [-0.15, -0.1) is 10.2 Å². The molecule has 0 spiro atoms. The zero-order valence-corrected chi connectivity index (χ0v) is 17.7. The summed E-state index contributed by atoms with van der Waals surface area (Å²) >= 11 is 0. The molecule has 28 heavy (non-hydrogen) atoms.